The Morgan fingerprint density at radius 2 is 1.79 bits per heavy atom. The molecule has 4 rings (SSSR count). The smallest absolute Gasteiger partial charge is 0.101 e. The minimum absolute atomic E-state index is 0.345. The van der Waals surface area contributed by atoms with Gasteiger partial charge in [0.15, 0.2) is 0 Å². The molecule has 1 unspecified atom stereocenters. The first-order valence-electron chi connectivity index (χ1n) is 13.1. The quantitative estimate of drug-likeness (QED) is 0.389. The van der Waals surface area contributed by atoms with Crippen LogP contribution >= 0.6 is 11.6 Å². The summed E-state index contributed by atoms with van der Waals surface area (Å²) in [5.41, 5.74) is 6.95. The lowest BCUT2D eigenvalue weighted by Crippen LogP contribution is -2.37. The Morgan fingerprint density at radius 1 is 1.06 bits per heavy atom. The molecule has 0 saturated carbocycles. The van der Waals surface area contributed by atoms with Crippen LogP contribution in [-0.2, 0) is 12.8 Å². The van der Waals surface area contributed by atoms with E-state index >= 15 is 0 Å². The van der Waals surface area contributed by atoms with Crippen LogP contribution in [0.3, 0.4) is 0 Å². The van der Waals surface area contributed by atoms with Crippen LogP contribution < -0.4 is 0 Å². The molecular weight excluding hydrogens is 426 g/mol. The van der Waals surface area contributed by atoms with Crippen LogP contribution in [0.1, 0.15) is 89.5 Å². The van der Waals surface area contributed by atoms with Crippen molar-refractivity contribution < 1.29 is 0 Å². The minimum atomic E-state index is 0.345. The second kappa shape index (κ2) is 11.9. The van der Waals surface area contributed by atoms with Crippen LogP contribution in [0.5, 0.6) is 0 Å². The second-order valence-electron chi connectivity index (χ2n) is 9.06. The van der Waals surface area contributed by atoms with Crippen molar-refractivity contribution in [3.63, 3.8) is 0 Å². The van der Waals surface area contributed by atoms with Crippen molar-refractivity contribution in [2.75, 3.05) is 13.1 Å². The molecule has 2 heterocycles. The maximum atomic E-state index is 6.79. The molecule has 3 nitrogen and oxygen atoms in total. The zero-order chi connectivity index (χ0) is 24.0. The molecule has 1 aromatic heterocycles. The molecule has 0 bridgehead atoms. The predicted molar refractivity (Wildman–Crippen MR) is 145 cm³/mol. The lowest BCUT2D eigenvalue weighted by molar-refractivity contribution is 0.203. The van der Waals surface area contributed by atoms with E-state index in [4.69, 9.17) is 16.6 Å². The van der Waals surface area contributed by atoms with Crippen molar-refractivity contribution in [3.05, 3.63) is 58.9 Å². The minimum Gasteiger partial charge on any atom is -0.353 e. The van der Waals surface area contributed by atoms with E-state index in [0.717, 1.165) is 72.4 Å². The van der Waals surface area contributed by atoms with Gasteiger partial charge in [-0.15, -0.1) is 0 Å². The predicted octanol–water partition coefficient (Wildman–Crippen LogP) is 8.21. The van der Waals surface area contributed by atoms with Gasteiger partial charge in [0.1, 0.15) is 6.17 Å². The maximum absolute atomic E-state index is 6.79. The van der Waals surface area contributed by atoms with Crippen molar-refractivity contribution in [1.82, 2.24) is 14.8 Å². The number of nitrogens with zero attached hydrogens (tertiary/aromatic N) is 3. The van der Waals surface area contributed by atoms with Gasteiger partial charge in [0.25, 0.3) is 0 Å². The molecule has 2 aliphatic rings. The molecule has 1 aliphatic heterocycles. The van der Waals surface area contributed by atoms with E-state index in [2.05, 4.69) is 55.0 Å². The van der Waals surface area contributed by atoms with Gasteiger partial charge in [0.2, 0.25) is 0 Å². The number of hydrogen-bond acceptors (Lipinski definition) is 3. The van der Waals surface area contributed by atoms with Crippen LogP contribution in [0, 0.1) is 0 Å². The summed E-state index contributed by atoms with van der Waals surface area (Å²) < 4.78 is 0. The molecule has 1 aromatic carbocycles. The zero-order valence-corrected chi connectivity index (χ0v) is 22.0. The number of fused-ring (bicyclic) bond motifs is 2. The van der Waals surface area contributed by atoms with Gasteiger partial charge in [-0.25, -0.2) is 0 Å². The van der Waals surface area contributed by atoms with Crippen LogP contribution in [-0.4, -0.2) is 34.0 Å². The van der Waals surface area contributed by atoms with Crippen LogP contribution in [0.4, 0.5) is 0 Å². The average molecular weight is 468 g/mol. The van der Waals surface area contributed by atoms with E-state index in [-0.39, 0.29) is 0 Å². The standard InChI is InChI=1S/C27H36ClN3.C2H6/c1-5-7-11-19(3)30-16-17-31(26(30)10-6-2)20(4)21-14-15-23-25(18-21)29-24-13-9-8-12-22(24)27(23)28;1-2/h14-15,18,26H,3-13,16-17H2,1-2H3;1-2H3. The highest BCUT2D eigenvalue weighted by molar-refractivity contribution is 6.36. The molecule has 2 aromatic rings. The van der Waals surface area contributed by atoms with Gasteiger partial charge in [-0.2, -0.15) is 0 Å². The molecule has 0 spiro atoms. The third-order valence-electron chi connectivity index (χ3n) is 6.95. The third kappa shape index (κ3) is 5.40. The Labute approximate surface area is 206 Å². The van der Waals surface area contributed by atoms with E-state index in [1.165, 1.54) is 42.6 Å². The van der Waals surface area contributed by atoms with E-state index < -0.39 is 0 Å². The van der Waals surface area contributed by atoms with Crippen LogP contribution in [0.25, 0.3) is 16.6 Å². The number of hydrogen-bond donors (Lipinski definition) is 0. The van der Waals surface area contributed by atoms with Gasteiger partial charge in [0.05, 0.1) is 10.5 Å². The van der Waals surface area contributed by atoms with Crippen molar-refractivity contribution in [2.24, 2.45) is 0 Å². The molecule has 1 fully saturated rings. The number of rotatable bonds is 8. The first-order chi connectivity index (χ1) is 16.0. The lowest BCUT2D eigenvalue weighted by atomic mass is 9.94. The fourth-order valence-corrected chi connectivity index (χ4v) is 5.54. The van der Waals surface area contributed by atoms with E-state index in [1.54, 1.807) is 0 Å². The Kier molecular flexibility index (Phi) is 9.26. The van der Waals surface area contributed by atoms with Crippen LogP contribution in [0.2, 0.25) is 5.02 Å². The van der Waals surface area contributed by atoms with Gasteiger partial charge in [-0.05, 0) is 62.1 Å². The molecule has 0 N–H and O–H groups in total. The third-order valence-corrected chi connectivity index (χ3v) is 7.38. The molecule has 1 atom stereocenters. The van der Waals surface area contributed by atoms with E-state index in [9.17, 15) is 0 Å². The summed E-state index contributed by atoms with van der Waals surface area (Å²) in [7, 11) is 0. The van der Waals surface area contributed by atoms with Crippen molar-refractivity contribution in [1.29, 1.82) is 0 Å². The summed E-state index contributed by atoms with van der Waals surface area (Å²) >= 11 is 6.79. The second-order valence-corrected chi connectivity index (χ2v) is 9.44. The normalized spacial score (nSPS) is 17.5. The molecule has 180 valence electrons. The summed E-state index contributed by atoms with van der Waals surface area (Å²) in [5, 5.41) is 1.97. The summed E-state index contributed by atoms with van der Waals surface area (Å²) in [6.07, 6.45) is 10.6. The summed E-state index contributed by atoms with van der Waals surface area (Å²) in [6.45, 7) is 19.5. The summed E-state index contributed by atoms with van der Waals surface area (Å²) in [6, 6.07) is 6.50. The van der Waals surface area contributed by atoms with Crippen molar-refractivity contribution in [3.8, 4) is 0 Å². The van der Waals surface area contributed by atoms with Gasteiger partial charge in [0, 0.05) is 35.6 Å². The summed E-state index contributed by atoms with van der Waals surface area (Å²) in [5.74, 6) is 0. The fraction of sp³-hybridized carbons (Fsp3) is 0.552. The van der Waals surface area contributed by atoms with E-state index in [1.807, 2.05) is 13.8 Å². The van der Waals surface area contributed by atoms with Gasteiger partial charge in [-0.1, -0.05) is 77.4 Å². The molecule has 33 heavy (non-hydrogen) atoms. The molecule has 4 heteroatoms. The number of aromatic nitrogens is 1. The van der Waals surface area contributed by atoms with Crippen molar-refractivity contribution in [2.45, 2.75) is 91.6 Å². The van der Waals surface area contributed by atoms with Gasteiger partial charge >= 0.3 is 0 Å². The summed E-state index contributed by atoms with van der Waals surface area (Å²) in [4.78, 5) is 9.99. The molecule has 0 radical (unpaired) electrons. The Bertz CT molecular complexity index is 980. The lowest BCUT2D eigenvalue weighted by Gasteiger charge is -2.35. The highest BCUT2D eigenvalue weighted by Gasteiger charge is 2.33. The number of pyridine rings is 1. The molecule has 1 saturated heterocycles. The highest BCUT2D eigenvalue weighted by atomic mass is 35.5. The number of unbranched alkanes of at least 4 members (excludes halogenated alkanes) is 1. The largest absolute Gasteiger partial charge is 0.353 e. The number of aryl methyl sites for hydroxylation is 1. The Balaban J connectivity index is 0.00000149. The Hall–Kier alpha value is -2.00. The maximum Gasteiger partial charge on any atom is 0.101 e. The first-order valence-corrected chi connectivity index (χ1v) is 13.4. The van der Waals surface area contributed by atoms with E-state index in [0.29, 0.717) is 6.17 Å². The molecule has 0 amide bonds. The first kappa shape index (κ1) is 25.6. The highest BCUT2D eigenvalue weighted by Crippen LogP contribution is 2.36. The topological polar surface area (TPSA) is 19.4 Å². The average Bonchev–Trinajstić information content (AvgIpc) is 3.27. The SMILES string of the molecule is C=C(CCCC)N1CCN(C(=C)c2ccc3c(Cl)c4c(nc3c2)CCCC4)C1CCC.CC. The number of allylic oxidation sites excluding steroid dienone is 1. The van der Waals surface area contributed by atoms with Gasteiger partial charge in [-0.3, -0.25) is 4.98 Å². The molecular formula is C29H42ClN3. The zero-order valence-electron chi connectivity index (χ0n) is 21.2. The number of halogens is 1. The number of benzene rings is 1. The van der Waals surface area contributed by atoms with Crippen LogP contribution in [0.15, 0.2) is 37.1 Å². The fourth-order valence-electron chi connectivity index (χ4n) is 5.17. The van der Waals surface area contributed by atoms with Gasteiger partial charge < -0.3 is 9.80 Å². The Morgan fingerprint density at radius 3 is 2.52 bits per heavy atom. The molecule has 1 aliphatic carbocycles. The monoisotopic (exact) mass is 467 g/mol. The van der Waals surface area contributed by atoms with Crippen molar-refractivity contribution >= 4 is 28.2 Å².